The third-order valence-corrected chi connectivity index (χ3v) is 4.71. The summed E-state index contributed by atoms with van der Waals surface area (Å²) < 4.78 is 6.59. The molecular formula is C15H22BrClN2O. The Kier molecular flexibility index (Phi) is 6.30. The van der Waals surface area contributed by atoms with Crippen molar-refractivity contribution in [3.8, 4) is 0 Å². The quantitative estimate of drug-likeness (QED) is 0.873. The van der Waals surface area contributed by atoms with Crippen LogP contribution in [-0.4, -0.2) is 38.3 Å². The van der Waals surface area contributed by atoms with Crippen LogP contribution in [0.3, 0.4) is 0 Å². The van der Waals surface area contributed by atoms with E-state index < -0.39 is 0 Å². The summed E-state index contributed by atoms with van der Waals surface area (Å²) in [6, 6.07) is 6.07. The topological polar surface area (TPSA) is 38.5 Å². The largest absolute Gasteiger partial charge is 0.381 e. The van der Waals surface area contributed by atoms with Gasteiger partial charge in [0.15, 0.2) is 0 Å². The number of nitrogens with zero attached hydrogens (tertiary/aromatic N) is 1. The minimum atomic E-state index is 0.141. The van der Waals surface area contributed by atoms with Crippen LogP contribution in [0.25, 0.3) is 0 Å². The van der Waals surface area contributed by atoms with Crippen molar-refractivity contribution in [2.45, 2.75) is 18.9 Å². The van der Waals surface area contributed by atoms with Gasteiger partial charge < -0.3 is 10.5 Å². The van der Waals surface area contributed by atoms with E-state index in [2.05, 4.69) is 33.9 Å². The van der Waals surface area contributed by atoms with Gasteiger partial charge in [-0.2, -0.15) is 0 Å². The monoisotopic (exact) mass is 360 g/mol. The highest BCUT2D eigenvalue weighted by Gasteiger charge is 2.23. The Bertz CT molecular complexity index is 438. The second-order valence-corrected chi connectivity index (χ2v) is 6.76. The fourth-order valence-electron chi connectivity index (χ4n) is 2.80. The molecule has 20 heavy (non-hydrogen) atoms. The molecule has 0 amide bonds. The molecular weight excluding hydrogens is 340 g/mol. The first kappa shape index (κ1) is 16.2. The molecule has 1 aromatic carbocycles. The van der Waals surface area contributed by atoms with Crippen molar-refractivity contribution in [2.24, 2.45) is 11.7 Å². The second-order valence-electron chi connectivity index (χ2n) is 5.44. The molecule has 1 aliphatic heterocycles. The molecule has 1 fully saturated rings. The molecule has 1 heterocycles. The van der Waals surface area contributed by atoms with Crippen LogP contribution in [0.5, 0.6) is 0 Å². The number of halogens is 2. The summed E-state index contributed by atoms with van der Waals surface area (Å²) in [5.74, 6) is 0.591. The Balaban J connectivity index is 2.07. The Hall–Kier alpha value is -0.130. The van der Waals surface area contributed by atoms with Gasteiger partial charge in [0.05, 0.1) is 6.61 Å². The zero-order valence-electron chi connectivity index (χ0n) is 11.8. The molecule has 2 unspecified atom stereocenters. The maximum absolute atomic E-state index is 6.33. The fourth-order valence-corrected chi connectivity index (χ4v) is 3.42. The molecule has 0 bridgehead atoms. The van der Waals surface area contributed by atoms with E-state index >= 15 is 0 Å². The fraction of sp³-hybridized carbons (Fsp3) is 0.600. The van der Waals surface area contributed by atoms with Crippen LogP contribution < -0.4 is 5.73 Å². The van der Waals surface area contributed by atoms with E-state index in [1.807, 2.05) is 12.1 Å². The van der Waals surface area contributed by atoms with Crippen molar-refractivity contribution >= 4 is 27.5 Å². The Morgan fingerprint density at radius 2 is 2.35 bits per heavy atom. The molecule has 112 valence electrons. The van der Waals surface area contributed by atoms with Gasteiger partial charge in [-0.3, -0.25) is 4.90 Å². The van der Waals surface area contributed by atoms with E-state index in [0.29, 0.717) is 12.5 Å². The third-order valence-electron chi connectivity index (χ3n) is 3.87. The average molecular weight is 362 g/mol. The molecule has 1 saturated heterocycles. The summed E-state index contributed by atoms with van der Waals surface area (Å²) >= 11 is 9.83. The van der Waals surface area contributed by atoms with Gasteiger partial charge in [-0.15, -0.1) is 0 Å². The van der Waals surface area contributed by atoms with Crippen molar-refractivity contribution in [1.29, 1.82) is 0 Å². The molecule has 1 aliphatic rings. The van der Waals surface area contributed by atoms with Crippen LogP contribution in [0, 0.1) is 5.92 Å². The van der Waals surface area contributed by atoms with Crippen molar-refractivity contribution in [3.05, 3.63) is 33.3 Å². The first-order valence-electron chi connectivity index (χ1n) is 7.04. The Morgan fingerprint density at radius 1 is 1.55 bits per heavy atom. The lowest BCUT2D eigenvalue weighted by atomic mass is 9.99. The van der Waals surface area contributed by atoms with Crippen molar-refractivity contribution in [3.63, 3.8) is 0 Å². The summed E-state index contributed by atoms with van der Waals surface area (Å²) in [7, 11) is 2.11. The summed E-state index contributed by atoms with van der Waals surface area (Å²) in [5.41, 5.74) is 7.07. The lowest BCUT2D eigenvalue weighted by Gasteiger charge is -2.33. The summed E-state index contributed by atoms with van der Waals surface area (Å²) in [5, 5.41) is 0.774. The number of hydrogen-bond acceptors (Lipinski definition) is 3. The summed E-state index contributed by atoms with van der Waals surface area (Å²) in [6.07, 6.45) is 2.39. The van der Waals surface area contributed by atoms with Crippen LogP contribution in [0.15, 0.2) is 22.7 Å². The minimum absolute atomic E-state index is 0.141. The highest BCUT2D eigenvalue weighted by molar-refractivity contribution is 9.10. The van der Waals surface area contributed by atoms with Crippen molar-refractivity contribution in [1.82, 2.24) is 4.90 Å². The van der Waals surface area contributed by atoms with Gasteiger partial charge in [0.1, 0.15) is 0 Å². The third kappa shape index (κ3) is 4.18. The van der Waals surface area contributed by atoms with Gasteiger partial charge in [0.25, 0.3) is 0 Å². The minimum Gasteiger partial charge on any atom is -0.381 e. The Labute approximate surface area is 134 Å². The number of benzene rings is 1. The molecule has 0 aliphatic carbocycles. The molecule has 2 atom stereocenters. The first-order chi connectivity index (χ1) is 9.61. The number of hydrogen-bond donors (Lipinski definition) is 1. The molecule has 0 spiro atoms. The maximum atomic E-state index is 6.33. The second kappa shape index (κ2) is 7.76. The van der Waals surface area contributed by atoms with E-state index in [-0.39, 0.29) is 6.04 Å². The molecule has 0 saturated carbocycles. The average Bonchev–Trinajstić information content (AvgIpc) is 2.44. The van der Waals surface area contributed by atoms with Crippen LogP contribution in [-0.2, 0) is 4.74 Å². The maximum Gasteiger partial charge on any atom is 0.0506 e. The van der Waals surface area contributed by atoms with Crippen LogP contribution >= 0.6 is 27.5 Å². The number of rotatable bonds is 5. The predicted molar refractivity (Wildman–Crippen MR) is 87.1 cm³/mol. The van der Waals surface area contributed by atoms with Gasteiger partial charge in [-0.05, 0) is 49.6 Å². The van der Waals surface area contributed by atoms with Crippen molar-refractivity contribution < 1.29 is 4.74 Å². The lowest BCUT2D eigenvalue weighted by Crippen LogP contribution is -2.36. The molecule has 2 N–H and O–H groups in total. The van der Waals surface area contributed by atoms with E-state index in [0.717, 1.165) is 41.2 Å². The Morgan fingerprint density at radius 3 is 3.00 bits per heavy atom. The van der Waals surface area contributed by atoms with E-state index in [9.17, 15) is 0 Å². The van der Waals surface area contributed by atoms with E-state index in [1.54, 1.807) is 0 Å². The van der Waals surface area contributed by atoms with Gasteiger partial charge in [0, 0.05) is 35.2 Å². The SMILES string of the molecule is CN(CC1CCCOC1)C(CN)c1cc(Br)ccc1Cl. The molecule has 3 nitrogen and oxygen atoms in total. The molecule has 0 aromatic heterocycles. The van der Waals surface area contributed by atoms with Gasteiger partial charge in [0.2, 0.25) is 0 Å². The highest BCUT2D eigenvalue weighted by Crippen LogP contribution is 2.30. The van der Waals surface area contributed by atoms with Crippen LogP contribution in [0.4, 0.5) is 0 Å². The summed E-state index contributed by atoms with van der Waals surface area (Å²) in [4.78, 5) is 2.30. The summed E-state index contributed by atoms with van der Waals surface area (Å²) in [6.45, 7) is 3.30. The van der Waals surface area contributed by atoms with Crippen LogP contribution in [0.1, 0.15) is 24.4 Å². The standard InChI is InChI=1S/C15H22BrClN2O/c1-19(9-11-3-2-6-20-10-11)15(8-18)13-7-12(16)4-5-14(13)17/h4-5,7,11,15H,2-3,6,8-10,18H2,1H3. The first-order valence-corrected chi connectivity index (χ1v) is 8.22. The van der Waals surface area contributed by atoms with Gasteiger partial charge >= 0.3 is 0 Å². The molecule has 5 heteroatoms. The molecule has 0 radical (unpaired) electrons. The number of ether oxygens (including phenoxy) is 1. The van der Waals surface area contributed by atoms with Gasteiger partial charge in [-0.1, -0.05) is 27.5 Å². The number of nitrogens with two attached hydrogens (primary N) is 1. The van der Waals surface area contributed by atoms with E-state index in [4.69, 9.17) is 22.1 Å². The zero-order valence-corrected chi connectivity index (χ0v) is 14.2. The zero-order chi connectivity index (χ0) is 14.5. The van der Waals surface area contributed by atoms with Crippen LogP contribution in [0.2, 0.25) is 5.02 Å². The van der Waals surface area contributed by atoms with Crippen molar-refractivity contribution in [2.75, 3.05) is 33.4 Å². The normalized spacial score (nSPS) is 21.1. The smallest absolute Gasteiger partial charge is 0.0506 e. The molecule has 1 aromatic rings. The molecule has 2 rings (SSSR count). The number of likely N-dealkylation sites (N-methyl/N-ethyl adjacent to an activating group) is 1. The lowest BCUT2D eigenvalue weighted by molar-refractivity contribution is 0.0365. The highest BCUT2D eigenvalue weighted by atomic mass is 79.9. The van der Waals surface area contributed by atoms with Gasteiger partial charge in [-0.25, -0.2) is 0 Å². The van der Waals surface area contributed by atoms with E-state index in [1.165, 1.54) is 6.42 Å². The predicted octanol–water partition coefficient (Wildman–Crippen LogP) is 3.46.